The summed E-state index contributed by atoms with van der Waals surface area (Å²) in [5, 5.41) is 2.58. The van der Waals surface area contributed by atoms with Crippen molar-refractivity contribution < 1.29 is 31.1 Å². The Balaban J connectivity index is 1.98. The molecule has 0 atom stereocenters. The lowest BCUT2D eigenvalue weighted by Gasteiger charge is -2.19. The van der Waals surface area contributed by atoms with Gasteiger partial charge in [-0.3, -0.25) is 0 Å². The summed E-state index contributed by atoms with van der Waals surface area (Å²) in [6.45, 7) is 4.42. The van der Waals surface area contributed by atoms with Gasteiger partial charge in [0.05, 0.1) is 5.56 Å². The van der Waals surface area contributed by atoms with Crippen LogP contribution in [0.4, 0.5) is 38.0 Å². The molecule has 0 saturated heterocycles. The predicted molar refractivity (Wildman–Crippen MR) is 110 cm³/mol. The summed E-state index contributed by atoms with van der Waals surface area (Å²) < 4.78 is 81.4. The van der Waals surface area contributed by atoms with Crippen LogP contribution in [0.25, 0.3) is 11.4 Å². The molecular weight excluding hydrogens is 450 g/mol. The van der Waals surface area contributed by atoms with Crippen LogP contribution in [0.5, 0.6) is 6.01 Å². The molecule has 0 aliphatic carbocycles. The molecule has 3 rings (SSSR count). The number of alkyl halides is 6. The molecule has 1 aromatic heterocycles. The van der Waals surface area contributed by atoms with Crippen molar-refractivity contribution in [2.75, 3.05) is 11.9 Å². The zero-order valence-electron chi connectivity index (χ0n) is 17.8. The molecule has 0 amide bonds. The number of anilines is 2. The maximum Gasteiger partial charge on any atom is 0.422 e. The Hall–Kier alpha value is -3.37. The third-order valence-corrected chi connectivity index (χ3v) is 4.43. The topological polar surface area (TPSA) is 59.9 Å². The number of hydrogen-bond donors (Lipinski definition) is 1. The Bertz CT molecular complexity index is 1110. The van der Waals surface area contributed by atoms with E-state index in [-0.39, 0.29) is 22.9 Å². The first kappa shape index (κ1) is 24.3. The Labute approximate surface area is 185 Å². The van der Waals surface area contributed by atoms with Crippen molar-refractivity contribution in [3.05, 3.63) is 59.7 Å². The van der Waals surface area contributed by atoms with Gasteiger partial charge in [0.1, 0.15) is 0 Å². The van der Waals surface area contributed by atoms with Crippen LogP contribution in [0.1, 0.15) is 31.9 Å². The molecule has 1 N–H and O–H groups in total. The normalized spacial score (nSPS) is 12.5. The number of benzene rings is 2. The molecule has 0 unspecified atom stereocenters. The van der Waals surface area contributed by atoms with Gasteiger partial charge in [0.25, 0.3) is 0 Å². The second-order valence-corrected chi connectivity index (χ2v) is 8.20. The quantitative estimate of drug-likeness (QED) is 0.429. The van der Waals surface area contributed by atoms with Gasteiger partial charge in [0, 0.05) is 11.3 Å². The molecule has 0 radical (unpaired) electrons. The molecule has 0 fully saturated rings. The predicted octanol–water partition coefficient (Wildman–Crippen LogP) is 6.54. The van der Waals surface area contributed by atoms with Gasteiger partial charge in [-0.1, -0.05) is 51.1 Å². The fourth-order valence-electron chi connectivity index (χ4n) is 2.77. The van der Waals surface area contributed by atoms with Crippen LogP contribution >= 0.6 is 0 Å². The molecule has 0 aliphatic rings. The van der Waals surface area contributed by atoms with Crippen molar-refractivity contribution >= 4 is 11.6 Å². The van der Waals surface area contributed by atoms with Crippen LogP contribution < -0.4 is 10.1 Å². The van der Waals surface area contributed by atoms with Gasteiger partial charge in [-0.05, 0) is 29.2 Å². The zero-order valence-corrected chi connectivity index (χ0v) is 17.8. The Kier molecular flexibility index (Phi) is 6.53. The van der Waals surface area contributed by atoms with Crippen LogP contribution in [0.2, 0.25) is 0 Å². The molecule has 0 bridgehead atoms. The van der Waals surface area contributed by atoms with Crippen LogP contribution in [0, 0.1) is 0 Å². The van der Waals surface area contributed by atoms with Gasteiger partial charge in [0.2, 0.25) is 5.95 Å². The standard InChI is InChI=1S/C22H20F6N4O/c1-20(2,3)14-9-7-13(8-10-14)17-30-18(32-19(31-17)33-12-21(23,24)25)29-16-6-4-5-15(11-16)22(26,27)28/h4-11H,12H2,1-3H3,(H,29,30,31,32). The number of ether oxygens (including phenoxy) is 1. The summed E-state index contributed by atoms with van der Waals surface area (Å²) in [7, 11) is 0. The van der Waals surface area contributed by atoms with Gasteiger partial charge < -0.3 is 10.1 Å². The molecule has 33 heavy (non-hydrogen) atoms. The monoisotopic (exact) mass is 470 g/mol. The van der Waals surface area contributed by atoms with Crippen molar-refractivity contribution in [3.8, 4) is 17.4 Å². The third kappa shape index (κ3) is 6.80. The van der Waals surface area contributed by atoms with Gasteiger partial charge >= 0.3 is 18.4 Å². The average Bonchev–Trinajstić information content (AvgIpc) is 2.71. The van der Waals surface area contributed by atoms with E-state index < -0.39 is 30.5 Å². The van der Waals surface area contributed by atoms with E-state index in [0.717, 1.165) is 17.7 Å². The summed E-state index contributed by atoms with van der Waals surface area (Å²) in [5.74, 6) is -0.270. The summed E-state index contributed by atoms with van der Waals surface area (Å²) >= 11 is 0. The summed E-state index contributed by atoms with van der Waals surface area (Å²) in [6.07, 6.45) is -9.20. The first-order valence-electron chi connectivity index (χ1n) is 9.71. The van der Waals surface area contributed by atoms with Crippen molar-refractivity contribution in [3.63, 3.8) is 0 Å². The SMILES string of the molecule is CC(C)(C)c1ccc(-c2nc(Nc3cccc(C(F)(F)F)c3)nc(OCC(F)(F)F)n2)cc1. The van der Waals surface area contributed by atoms with E-state index in [4.69, 9.17) is 0 Å². The zero-order chi connectivity index (χ0) is 24.4. The molecule has 176 valence electrons. The molecule has 0 aliphatic heterocycles. The Morgan fingerprint density at radius 3 is 2.06 bits per heavy atom. The lowest BCUT2D eigenvalue weighted by Crippen LogP contribution is -2.20. The first-order chi connectivity index (χ1) is 15.2. The van der Waals surface area contributed by atoms with E-state index in [1.165, 1.54) is 12.1 Å². The van der Waals surface area contributed by atoms with E-state index in [0.29, 0.717) is 5.56 Å². The number of rotatable bonds is 5. The van der Waals surface area contributed by atoms with Crippen molar-refractivity contribution in [2.24, 2.45) is 0 Å². The highest BCUT2D eigenvalue weighted by Crippen LogP contribution is 2.32. The highest BCUT2D eigenvalue weighted by molar-refractivity contribution is 5.60. The molecule has 0 saturated carbocycles. The number of nitrogens with one attached hydrogen (secondary N) is 1. The lowest BCUT2D eigenvalue weighted by molar-refractivity contribution is -0.154. The molecule has 1 heterocycles. The van der Waals surface area contributed by atoms with Gasteiger partial charge in [-0.25, -0.2) is 0 Å². The van der Waals surface area contributed by atoms with E-state index in [1.807, 2.05) is 32.9 Å². The molecule has 2 aromatic carbocycles. The molecular formula is C22H20F6N4O. The fraction of sp³-hybridized carbons (Fsp3) is 0.318. The highest BCUT2D eigenvalue weighted by Gasteiger charge is 2.31. The maximum atomic E-state index is 13.0. The minimum Gasteiger partial charge on any atom is -0.454 e. The van der Waals surface area contributed by atoms with Crippen LogP contribution in [-0.2, 0) is 11.6 Å². The van der Waals surface area contributed by atoms with E-state index in [2.05, 4.69) is 25.0 Å². The van der Waals surface area contributed by atoms with Gasteiger partial charge in [-0.2, -0.15) is 41.3 Å². The number of hydrogen-bond acceptors (Lipinski definition) is 5. The number of aromatic nitrogens is 3. The molecule has 0 spiro atoms. The lowest BCUT2D eigenvalue weighted by atomic mass is 9.87. The van der Waals surface area contributed by atoms with E-state index in [9.17, 15) is 26.3 Å². The van der Waals surface area contributed by atoms with Crippen LogP contribution in [0.15, 0.2) is 48.5 Å². The van der Waals surface area contributed by atoms with Crippen molar-refractivity contribution in [1.82, 2.24) is 15.0 Å². The van der Waals surface area contributed by atoms with E-state index in [1.54, 1.807) is 12.1 Å². The summed E-state index contributed by atoms with van der Waals surface area (Å²) in [4.78, 5) is 11.9. The average molecular weight is 470 g/mol. The minimum absolute atomic E-state index is 0.00268. The van der Waals surface area contributed by atoms with Gasteiger partial charge in [0.15, 0.2) is 12.4 Å². The smallest absolute Gasteiger partial charge is 0.422 e. The molecule has 3 aromatic rings. The second-order valence-electron chi connectivity index (χ2n) is 8.20. The minimum atomic E-state index is -4.63. The molecule has 11 heteroatoms. The first-order valence-corrected chi connectivity index (χ1v) is 9.71. The summed E-state index contributed by atoms with van der Waals surface area (Å²) in [5.41, 5.74) is 0.430. The van der Waals surface area contributed by atoms with Crippen molar-refractivity contribution in [2.45, 2.75) is 38.5 Å². The maximum absolute atomic E-state index is 13.0. The fourth-order valence-corrected chi connectivity index (χ4v) is 2.77. The van der Waals surface area contributed by atoms with E-state index >= 15 is 0 Å². The van der Waals surface area contributed by atoms with Crippen molar-refractivity contribution in [1.29, 1.82) is 0 Å². The van der Waals surface area contributed by atoms with Gasteiger partial charge in [-0.15, -0.1) is 0 Å². The molecule has 5 nitrogen and oxygen atoms in total. The number of halogens is 6. The Morgan fingerprint density at radius 1 is 0.818 bits per heavy atom. The second kappa shape index (κ2) is 8.87. The Morgan fingerprint density at radius 2 is 1.48 bits per heavy atom. The van der Waals surface area contributed by atoms with Crippen LogP contribution in [0.3, 0.4) is 0 Å². The number of nitrogens with zero attached hydrogens (tertiary/aromatic N) is 3. The summed E-state index contributed by atoms with van der Waals surface area (Å²) in [6, 6.07) is 10.7. The highest BCUT2D eigenvalue weighted by atomic mass is 19.4. The third-order valence-electron chi connectivity index (χ3n) is 4.43. The van der Waals surface area contributed by atoms with Crippen LogP contribution in [-0.4, -0.2) is 27.7 Å². The largest absolute Gasteiger partial charge is 0.454 e.